The van der Waals surface area contributed by atoms with Crippen molar-refractivity contribution < 1.29 is 9.90 Å². The molecule has 0 saturated heterocycles. The highest BCUT2D eigenvalue weighted by Crippen LogP contribution is 2.40. The molecule has 0 aliphatic heterocycles. The molecule has 14 heavy (non-hydrogen) atoms. The van der Waals surface area contributed by atoms with E-state index in [-0.39, 0.29) is 4.75 Å². The average molecular weight is 230 g/mol. The summed E-state index contributed by atoms with van der Waals surface area (Å²) in [6.07, 6.45) is 0. The highest BCUT2D eigenvalue weighted by molar-refractivity contribution is 8.01. The van der Waals surface area contributed by atoms with Crippen LogP contribution in [0.4, 0.5) is 0 Å². The molecule has 1 heterocycles. The van der Waals surface area contributed by atoms with E-state index < -0.39 is 11.2 Å². The quantitative estimate of drug-likeness (QED) is 0.864. The first-order chi connectivity index (χ1) is 6.40. The summed E-state index contributed by atoms with van der Waals surface area (Å²) >= 11 is 2.98. The predicted octanol–water partition coefficient (Wildman–Crippen LogP) is 3.41. The fourth-order valence-electron chi connectivity index (χ4n) is 1.02. The molecule has 0 bridgehead atoms. The van der Waals surface area contributed by atoms with Gasteiger partial charge in [-0.15, -0.1) is 23.1 Å². The van der Waals surface area contributed by atoms with Crippen molar-refractivity contribution in [2.45, 2.75) is 30.8 Å². The van der Waals surface area contributed by atoms with Gasteiger partial charge >= 0.3 is 5.97 Å². The summed E-state index contributed by atoms with van der Waals surface area (Å²) in [7, 11) is 0. The molecule has 78 valence electrons. The number of thiophene rings is 1. The lowest BCUT2D eigenvalue weighted by molar-refractivity contribution is -0.136. The molecule has 2 nitrogen and oxygen atoms in total. The molecule has 0 amide bonds. The Kier molecular flexibility index (Phi) is 3.61. The van der Waals surface area contributed by atoms with Crippen molar-refractivity contribution in [3.8, 4) is 0 Å². The Hall–Kier alpha value is -0.480. The summed E-state index contributed by atoms with van der Waals surface area (Å²) in [5.74, 6) is -0.757. The first kappa shape index (κ1) is 11.6. The normalized spacial score (nSPS) is 13.9. The molecule has 1 aromatic heterocycles. The SMILES string of the molecule is CC(C)(C)SC(C(=O)O)c1cccs1. The van der Waals surface area contributed by atoms with Gasteiger partial charge in [0.25, 0.3) is 0 Å². The van der Waals surface area contributed by atoms with E-state index in [0.717, 1.165) is 4.88 Å². The molecule has 4 heteroatoms. The van der Waals surface area contributed by atoms with Crippen LogP contribution in [-0.2, 0) is 4.79 Å². The number of hydrogen-bond acceptors (Lipinski definition) is 3. The second-order valence-electron chi connectivity index (χ2n) is 3.96. The van der Waals surface area contributed by atoms with Gasteiger partial charge in [-0.2, -0.15) is 0 Å². The average Bonchev–Trinajstić information content (AvgIpc) is 2.49. The Bertz CT molecular complexity index is 298. The van der Waals surface area contributed by atoms with Gasteiger partial charge in [0.1, 0.15) is 5.25 Å². The lowest BCUT2D eigenvalue weighted by Gasteiger charge is -2.22. The number of aliphatic carboxylic acids is 1. The molecule has 1 N–H and O–H groups in total. The van der Waals surface area contributed by atoms with E-state index in [4.69, 9.17) is 5.11 Å². The maximum Gasteiger partial charge on any atom is 0.322 e. The van der Waals surface area contributed by atoms with Crippen LogP contribution in [0.25, 0.3) is 0 Å². The minimum Gasteiger partial charge on any atom is -0.480 e. The number of carboxylic acid groups (broad SMARTS) is 1. The van der Waals surface area contributed by atoms with Crippen molar-refractivity contribution in [2.75, 3.05) is 0 Å². The minimum absolute atomic E-state index is 0.0347. The smallest absolute Gasteiger partial charge is 0.322 e. The topological polar surface area (TPSA) is 37.3 Å². The third-order valence-corrected chi connectivity index (χ3v) is 3.98. The Morgan fingerprint density at radius 1 is 1.57 bits per heavy atom. The highest BCUT2D eigenvalue weighted by Gasteiger charge is 2.27. The molecule has 0 radical (unpaired) electrons. The predicted molar refractivity (Wildman–Crippen MR) is 62.0 cm³/mol. The molecule has 0 saturated carbocycles. The zero-order chi connectivity index (χ0) is 10.8. The van der Waals surface area contributed by atoms with E-state index in [1.807, 2.05) is 38.3 Å². The standard InChI is InChI=1S/C10H14O2S2/c1-10(2,3)14-8(9(11)12)7-5-4-6-13-7/h4-6,8H,1-3H3,(H,11,12). The van der Waals surface area contributed by atoms with E-state index in [9.17, 15) is 4.79 Å². The van der Waals surface area contributed by atoms with Crippen LogP contribution in [0, 0.1) is 0 Å². The number of carboxylic acids is 1. The molecule has 0 aromatic carbocycles. The van der Waals surface area contributed by atoms with Gasteiger partial charge in [0, 0.05) is 9.62 Å². The Labute approximate surface area is 92.3 Å². The fourth-order valence-corrected chi connectivity index (χ4v) is 3.03. The first-order valence-electron chi connectivity index (χ1n) is 4.34. The Morgan fingerprint density at radius 3 is 2.57 bits per heavy atom. The molecule has 0 spiro atoms. The maximum atomic E-state index is 11.1. The largest absolute Gasteiger partial charge is 0.480 e. The van der Waals surface area contributed by atoms with Crippen molar-refractivity contribution in [2.24, 2.45) is 0 Å². The van der Waals surface area contributed by atoms with E-state index in [1.165, 1.54) is 23.1 Å². The van der Waals surface area contributed by atoms with Crippen LogP contribution in [0.2, 0.25) is 0 Å². The summed E-state index contributed by atoms with van der Waals surface area (Å²) in [6.45, 7) is 6.09. The van der Waals surface area contributed by atoms with Crippen LogP contribution in [0.15, 0.2) is 17.5 Å². The molecule has 0 aliphatic carbocycles. The summed E-state index contributed by atoms with van der Waals surface area (Å²) in [5.41, 5.74) is 0. The van der Waals surface area contributed by atoms with Crippen molar-refractivity contribution in [1.82, 2.24) is 0 Å². The van der Waals surface area contributed by atoms with E-state index >= 15 is 0 Å². The zero-order valence-corrected chi connectivity index (χ0v) is 10.1. The molecule has 0 fully saturated rings. The minimum atomic E-state index is -0.757. The molecule has 1 atom stereocenters. The second kappa shape index (κ2) is 4.36. The molecule has 1 aromatic rings. The van der Waals surface area contributed by atoms with Crippen LogP contribution in [-0.4, -0.2) is 15.8 Å². The van der Waals surface area contributed by atoms with Crippen LogP contribution >= 0.6 is 23.1 Å². The summed E-state index contributed by atoms with van der Waals surface area (Å²) in [5, 5.41) is 10.6. The van der Waals surface area contributed by atoms with Gasteiger partial charge < -0.3 is 5.11 Å². The van der Waals surface area contributed by atoms with Crippen LogP contribution in [0.3, 0.4) is 0 Å². The molecule has 1 rings (SSSR count). The number of rotatable bonds is 3. The van der Waals surface area contributed by atoms with Crippen molar-refractivity contribution in [3.05, 3.63) is 22.4 Å². The summed E-state index contributed by atoms with van der Waals surface area (Å²) < 4.78 is -0.0347. The first-order valence-corrected chi connectivity index (χ1v) is 6.10. The van der Waals surface area contributed by atoms with Crippen LogP contribution < -0.4 is 0 Å². The van der Waals surface area contributed by atoms with Gasteiger partial charge in [-0.25, -0.2) is 0 Å². The zero-order valence-electron chi connectivity index (χ0n) is 8.48. The number of thioether (sulfide) groups is 1. The molecular formula is C10H14O2S2. The molecular weight excluding hydrogens is 216 g/mol. The van der Waals surface area contributed by atoms with Crippen molar-refractivity contribution in [1.29, 1.82) is 0 Å². The second-order valence-corrected chi connectivity index (χ2v) is 6.88. The summed E-state index contributed by atoms with van der Waals surface area (Å²) in [6, 6.07) is 3.77. The molecule has 0 aliphatic rings. The van der Waals surface area contributed by atoms with Crippen molar-refractivity contribution >= 4 is 29.1 Å². The molecule has 1 unspecified atom stereocenters. The van der Waals surface area contributed by atoms with Gasteiger partial charge in [-0.05, 0) is 11.4 Å². The van der Waals surface area contributed by atoms with Crippen molar-refractivity contribution in [3.63, 3.8) is 0 Å². The van der Waals surface area contributed by atoms with Gasteiger partial charge in [-0.3, -0.25) is 4.79 Å². The van der Waals surface area contributed by atoms with Gasteiger partial charge in [-0.1, -0.05) is 26.8 Å². The summed E-state index contributed by atoms with van der Waals surface area (Å²) in [4.78, 5) is 12.0. The van der Waals surface area contributed by atoms with E-state index in [0.29, 0.717) is 0 Å². The third-order valence-electron chi connectivity index (χ3n) is 1.50. The number of hydrogen-bond donors (Lipinski definition) is 1. The third kappa shape index (κ3) is 3.35. The van der Waals surface area contributed by atoms with E-state index in [2.05, 4.69) is 0 Å². The fraction of sp³-hybridized carbons (Fsp3) is 0.500. The Morgan fingerprint density at radius 2 is 2.21 bits per heavy atom. The van der Waals surface area contributed by atoms with E-state index in [1.54, 1.807) is 0 Å². The highest BCUT2D eigenvalue weighted by atomic mass is 32.2. The monoisotopic (exact) mass is 230 g/mol. The van der Waals surface area contributed by atoms with Gasteiger partial charge in [0.2, 0.25) is 0 Å². The van der Waals surface area contributed by atoms with Crippen LogP contribution in [0.1, 0.15) is 30.9 Å². The lowest BCUT2D eigenvalue weighted by atomic mass is 10.3. The maximum absolute atomic E-state index is 11.1. The van der Waals surface area contributed by atoms with Crippen LogP contribution in [0.5, 0.6) is 0 Å². The van der Waals surface area contributed by atoms with Gasteiger partial charge in [0.05, 0.1) is 0 Å². The lowest BCUT2D eigenvalue weighted by Crippen LogP contribution is -2.16. The number of carbonyl (C=O) groups is 1. The Balaban J connectivity index is 2.82. The van der Waals surface area contributed by atoms with Gasteiger partial charge in [0.15, 0.2) is 0 Å².